The molecule has 4 heteroatoms. The van der Waals surface area contributed by atoms with Crippen molar-refractivity contribution in [3.8, 4) is 0 Å². The molecule has 0 saturated heterocycles. The largest absolute Gasteiger partial charge is 0.383 e. The van der Waals surface area contributed by atoms with Gasteiger partial charge in [0.1, 0.15) is 17.5 Å². The maximum Gasteiger partial charge on any atom is 0.137 e. The monoisotopic (exact) mass is 220 g/mol. The standard InChI is InChI=1S/C12H20N4/c1-4-10-14-11(13)8(3)12(15-10)16(5-2)9-6-7-9/h9H,4-7H2,1-3H3,(H2,13,14,15). The molecule has 4 nitrogen and oxygen atoms in total. The van der Waals surface area contributed by atoms with Gasteiger partial charge in [0.15, 0.2) is 0 Å². The van der Waals surface area contributed by atoms with Gasteiger partial charge in [-0.1, -0.05) is 6.92 Å². The quantitative estimate of drug-likeness (QED) is 0.842. The van der Waals surface area contributed by atoms with Gasteiger partial charge in [0, 0.05) is 24.6 Å². The van der Waals surface area contributed by atoms with E-state index in [0.29, 0.717) is 11.9 Å². The number of nitrogens with two attached hydrogens (primary N) is 1. The van der Waals surface area contributed by atoms with Gasteiger partial charge >= 0.3 is 0 Å². The second kappa shape index (κ2) is 4.28. The van der Waals surface area contributed by atoms with Crippen molar-refractivity contribution in [2.75, 3.05) is 17.2 Å². The molecule has 0 unspecified atom stereocenters. The Hall–Kier alpha value is -1.32. The van der Waals surface area contributed by atoms with Crippen molar-refractivity contribution in [1.29, 1.82) is 0 Å². The van der Waals surface area contributed by atoms with Crippen LogP contribution in [-0.2, 0) is 6.42 Å². The van der Waals surface area contributed by atoms with Gasteiger partial charge in [0.05, 0.1) is 0 Å². The number of rotatable bonds is 4. The highest BCUT2D eigenvalue weighted by molar-refractivity contribution is 5.57. The van der Waals surface area contributed by atoms with E-state index in [1.54, 1.807) is 0 Å². The molecule has 0 atom stereocenters. The van der Waals surface area contributed by atoms with Gasteiger partial charge in [0.2, 0.25) is 0 Å². The van der Waals surface area contributed by atoms with Crippen LogP contribution in [-0.4, -0.2) is 22.6 Å². The minimum absolute atomic E-state index is 0.626. The molecule has 0 spiro atoms. The summed E-state index contributed by atoms with van der Waals surface area (Å²) in [6, 6.07) is 0.669. The van der Waals surface area contributed by atoms with E-state index < -0.39 is 0 Å². The van der Waals surface area contributed by atoms with Crippen LogP contribution in [0.25, 0.3) is 0 Å². The topological polar surface area (TPSA) is 55.0 Å². The highest BCUT2D eigenvalue weighted by Gasteiger charge is 2.30. The molecule has 88 valence electrons. The zero-order valence-electron chi connectivity index (χ0n) is 10.3. The van der Waals surface area contributed by atoms with Gasteiger partial charge in [-0.05, 0) is 26.7 Å². The molecule has 16 heavy (non-hydrogen) atoms. The molecule has 0 amide bonds. The lowest BCUT2D eigenvalue weighted by Crippen LogP contribution is -2.28. The first kappa shape index (κ1) is 11.2. The van der Waals surface area contributed by atoms with Crippen molar-refractivity contribution in [3.63, 3.8) is 0 Å². The minimum atomic E-state index is 0.626. The molecule has 1 aromatic heterocycles. The Labute approximate surface area is 96.9 Å². The zero-order valence-corrected chi connectivity index (χ0v) is 10.3. The van der Waals surface area contributed by atoms with Crippen LogP contribution in [0, 0.1) is 6.92 Å². The smallest absolute Gasteiger partial charge is 0.137 e. The van der Waals surface area contributed by atoms with E-state index >= 15 is 0 Å². The Morgan fingerprint density at radius 1 is 1.31 bits per heavy atom. The Morgan fingerprint density at radius 2 is 2.00 bits per heavy atom. The summed E-state index contributed by atoms with van der Waals surface area (Å²) in [6.07, 6.45) is 3.39. The van der Waals surface area contributed by atoms with E-state index in [0.717, 1.165) is 30.2 Å². The third kappa shape index (κ3) is 1.96. The zero-order chi connectivity index (χ0) is 11.7. The van der Waals surface area contributed by atoms with Crippen molar-refractivity contribution < 1.29 is 0 Å². The van der Waals surface area contributed by atoms with Gasteiger partial charge in [-0.3, -0.25) is 0 Å². The fourth-order valence-corrected chi connectivity index (χ4v) is 1.97. The summed E-state index contributed by atoms with van der Waals surface area (Å²) in [5.74, 6) is 2.51. The highest BCUT2D eigenvalue weighted by atomic mass is 15.2. The summed E-state index contributed by atoms with van der Waals surface area (Å²) in [7, 11) is 0. The molecule has 0 radical (unpaired) electrons. The van der Waals surface area contributed by atoms with E-state index in [1.165, 1.54) is 12.8 Å². The predicted octanol–water partition coefficient (Wildman–Crippen LogP) is 1.92. The van der Waals surface area contributed by atoms with Crippen molar-refractivity contribution in [2.45, 2.75) is 46.1 Å². The number of hydrogen-bond donors (Lipinski definition) is 1. The summed E-state index contributed by atoms with van der Waals surface area (Å²) >= 11 is 0. The van der Waals surface area contributed by atoms with Crippen LogP contribution in [0.5, 0.6) is 0 Å². The highest BCUT2D eigenvalue weighted by Crippen LogP contribution is 2.33. The second-order valence-corrected chi connectivity index (χ2v) is 4.34. The average molecular weight is 220 g/mol. The average Bonchev–Trinajstić information content (AvgIpc) is 3.09. The van der Waals surface area contributed by atoms with Crippen LogP contribution >= 0.6 is 0 Å². The lowest BCUT2D eigenvalue weighted by atomic mass is 10.2. The number of aryl methyl sites for hydroxylation is 1. The fourth-order valence-electron chi connectivity index (χ4n) is 1.97. The number of anilines is 2. The Kier molecular flexibility index (Phi) is 2.99. The molecule has 0 aliphatic heterocycles. The molecular formula is C12H20N4. The summed E-state index contributed by atoms with van der Waals surface area (Å²) < 4.78 is 0. The molecule has 1 aliphatic rings. The lowest BCUT2D eigenvalue weighted by Gasteiger charge is -2.24. The first-order chi connectivity index (χ1) is 7.67. The molecule has 1 saturated carbocycles. The van der Waals surface area contributed by atoms with E-state index in [4.69, 9.17) is 5.73 Å². The van der Waals surface area contributed by atoms with Crippen LogP contribution in [0.15, 0.2) is 0 Å². The third-order valence-electron chi connectivity index (χ3n) is 3.12. The van der Waals surface area contributed by atoms with Gasteiger partial charge in [-0.25, -0.2) is 9.97 Å². The summed E-state index contributed by atoms with van der Waals surface area (Å²) in [5, 5.41) is 0. The van der Waals surface area contributed by atoms with Crippen LogP contribution in [0.2, 0.25) is 0 Å². The molecule has 1 aliphatic carbocycles. The van der Waals surface area contributed by atoms with E-state index in [1.807, 2.05) is 6.92 Å². The molecule has 2 rings (SSSR count). The number of nitrogens with zero attached hydrogens (tertiary/aromatic N) is 3. The fraction of sp³-hybridized carbons (Fsp3) is 0.667. The van der Waals surface area contributed by atoms with E-state index in [9.17, 15) is 0 Å². The number of hydrogen-bond acceptors (Lipinski definition) is 4. The van der Waals surface area contributed by atoms with Crippen LogP contribution in [0.3, 0.4) is 0 Å². The first-order valence-corrected chi connectivity index (χ1v) is 6.07. The summed E-state index contributed by atoms with van der Waals surface area (Å²) in [6.45, 7) is 7.23. The van der Waals surface area contributed by atoms with Crippen molar-refractivity contribution in [2.24, 2.45) is 0 Å². The number of aromatic nitrogens is 2. The predicted molar refractivity (Wildman–Crippen MR) is 66.6 cm³/mol. The Balaban J connectivity index is 2.40. The van der Waals surface area contributed by atoms with Crippen molar-refractivity contribution in [3.05, 3.63) is 11.4 Å². The molecule has 1 heterocycles. The third-order valence-corrected chi connectivity index (χ3v) is 3.12. The van der Waals surface area contributed by atoms with Crippen LogP contribution in [0.4, 0.5) is 11.6 Å². The van der Waals surface area contributed by atoms with Gasteiger partial charge < -0.3 is 10.6 Å². The Morgan fingerprint density at radius 3 is 2.50 bits per heavy atom. The maximum absolute atomic E-state index is 5.93. The van der Waals surface area contributed by atoms with E-state index in [-0.39, 0.29) is 0 Å². The normalized spacial score (nSPS) is 15.2. The lowest BCUT2D eigenvalue weighted by molar-refractivity contribution is 0.787. The first-order valence-electron chi connectivity index (χ1n) is 6.07. The second-order valence-electron chi connectivity index (χ2n) is 4.34. The maximum atomic E-state index is 5.93. The molecule has 0 bridgehead atoms. The molecule has 2 N–H and O–H groups in total. The van der Waals surface area contributed by atoms with Crippen LogP contribution < -0.4 is 10.6 Å². The van der Waals surface area contributed by atoms with Crippen molar-refractivity contribution >= 4 is 11.6 Å². The molecule has 1 fully saturated rings. The van der Waals surface area contributed by atoms with Gasteiger partial charge in [-0.2, -0.15) is 0 Å². The SMILES string of the molecule is CCc1nc(N)c(C)c(N(CC)C2CC2)n1. The van der Waals surface area contributed by atoms with Crippen molar-refractivity contribution in [1.82, 2.24) is 9.97 Å². The molecule has 0 aromatic carbocycles. The minimum Gasteiger partial charge on any atom is -0.383 e. The Bertz CT molecular complexity index is 385. The number of nitrogen functional groups attached to an aromatic ring is 1. The van der Waals surface area contributed by atoms with Gasteiger partial charge in [0.25, 0.3) is 0 Å². The van der Waals surface area contributed by atoms with Gasteiger partial charge in [-0.15, -0.1) is 0 Å². The molecule has 1 aromatic rings. The molecular weight excluding hydrogens is 200 g/mol. The van der Waals surface area contributed by atoms with Crippen LogP contribution in [0.1, 0.15) is 38.1 Å². The summed E-state index contributed by atoms with van der Waals surface area (Å²) in [4.78, 5) is 11.3. The summed E-state index contributed by atoms with van der Waals surface area (Å²) in [5.41, 5.74) is 6.95. The van der Waals surface area contributed by atoms with E-state index in [2.05, 4.69) is 28.7 Å².